The Bertz CT molecular complexity index is 320. The van der Waals surface area contributed by atoms with Crippen LogP contribution in [0.5, 0.6) is 0 Å². The molecule has 0 aromatic carbocycles. The Morgan fingerprint density at radius 2 is 2.45 bits per heavy atom. The molecule has 0 spiro atoms. The molecule has 0 amide bonds. The number of rotatable bonds is 0. The van der Waals surface area contributed by atoms with E-state index in [9.17, 15) is 0 Å². The lowest BCUT2D eigenvalue weighted by molar-refractivity contribution is 0.834. The average molecular weight is 147 g/mol. The third-order valence-electron chi connectivity index (χ3n) is 1.64. The first-order valence-electron chi connectivity index (χ1n) is 3.61. The van der Waals surface area contributed by atoms with Crippen LogP contribution in [0.1, 0.15) is 17.9 Å². The van der Waals surface area contributed by atoms with Gasteiger partial charge in [0, 0.05) is 12.6 Å². The van der Waals surface area contributed by atoms with Crippen LogP contribution in [0.3, 0.4) is 0 Å². The van der Waals surface area contributed by atoms with Gasteiger partial charge in [-0.3, -0.25) is 0 Å². The number of imidazole rings is 1. The molecule has 0 bridgehead atoms. The van der Waals surface area contributed by atoms with Gasteiger partial charge in [0.1, 0.15) is 0 Å². The highest BCUT2D eigenvalue weighted by Gasteiger charge is 2.02. The van der Waals surface area contributed by atoms with Crippen molar-refractivity contribution in [1.82, 2.24) is 9.66 Å². The molecule has 3 nitrogen and oxygen atoms in total. The maximum Gasteiger partial charge on any atom is 0.153 e. The lowest BCUT2D eigenvalue weighted by Gasteiger charge is -1.95. The number of hydrogen-bond acceptors (Lipinski definition) is 2. The van der Waals surface area contributed by atoms with Crippen molar-refractivity contribution in [2.45, 2.75) is 13.3 Å². The highest BCUT2D eigenvalue weighted by Crippen LogP contribution is 2.08. The number of hydrogen-bond donors (Lipinski definition) is 0. The Morgan fingerprint density at radius 1 is 1.55 bits per heavy atom. The van der Waals surface area contributed by atoms with Crippen LogP contribution >= 0.6 is 0 Å². The topological polar surface area (TPSA) is 30.2 Å². The van der Waals surface area contributed by atoms with Crippen LogP contribution in [0.25, 0.3) is 6.08 Å². The van der Waals surface area contributed by atoms with Crippen LogP contribution in [0.2, 0.25) is 0 Å². The molecule has 1 aromatic heterocycles. The summed E-state index contributed by atoms with van der Waals surface area (Å²) >= 11 is 0. The van der Waals surface area contributed by atoms with Crippen molar-refractivity contribution in [2.75, 3.05) is 0 Å². The van der Waals surface area contributed by atoms with Crippen molar-refractivity contribution in [1.29, 1.82) is 0 Å². The molecular weight excluding hydrogens is 138 g/mol. The van der Waals surface area contributed by atoms with Gasteiger partial charge in [-0.25, -0.2) is 9.66 Å². The van der Waals surface area contributed by atoms with E-state index < -0.39 is 0 Å². The summed E-state index contributed by atoms with van der Waals surface area (Å²) in [5.41, 5.74) is 1.07. The van der Waals surface area contributed by atoms with Gasteiger partial charge in [-0.05, 0) is 13.0 Å². The number of allylic oxidation sites excluding steroid dienone is 1. The summed E-state index contributed by atoms with van der Waals surface area (Å²) in [6, 6.07) is 0. The molecule has 2 rings (SSSR count). The smallest absolute Gasteiger partial charge is 0.153 e. The van der Waals surface area contributed by atoms with Crippen LogP contribution in [-0.2, 0) is 0 Å². The van der Waals surface area contributed by atoms with Gasteiger partial charge >= 0.3 is 0 Å². The second-order valence-corrected chi connectivity index (χ2v) is 2.51. The van der Waals surface area contributed by atoms with Gasteiger partial charge in [-0.1, -0.05) is 6.08 Å². The Balaban J connectivity index is 2.60. The van der Waals surface area contributed by atoms with Crippen LogP contribution in [-0.4, -0.2) is 15.9 Å². The van der Waals surface area contributed by atoms with E-state index in [1.807, 2.05) is 30.1 Å². The fourth-order valence-electron chi connectivity index (χ4n) is 1.08. The fourth-order valence-corrected chi connectivity index (χ4v) is 1.08. The molecule has 56 valence electrons. The minimum atomic E-state index is 0.892. The SMILES string of the molecule is Cc1cnc2n1N=CCC=C2. The lowest BCUT2D eigenvalue weighted by Crippen LogP contribution is -1.92. The lowest BCUT2D eigenvalue weighted by atomic mass is 10.4. The zero-order chi connectivity index (χ0) is 7.68. The van der Waals surface area contributed by atoms with Crippen LogP contribution < -0.4 is 0 Å². The van der Waals surface area contributed by atoms with Crippen LogP contribution in [0, 0.1) is 6.92 Å². The number of aromatic nitrogens is 2. The highest BCUT2D eigenvalue weighted by molar-refractivity contribution is 5.63. The predicted molar refractivity (Wildman–Crippen MR) is 44.5 cm³/mol. The van der Waals surface area contributed by atoms with E-state index in [0.29, 0.717) is 0 Å². The summed E-state index contributed by atoms with van der Waals surface area (Å²) in [6.45, 7) is 1.99. The van der Waals surface area contributed by atoms with Gasteiger partial charge < -0.3 is 0 Å². The molecule has 2 heterocycles. The Morgan fingerprint density at radius 3 is 3.36 bits per heavy atom. The molecule has 1 aromatic rings. The summed E-state index contributed by atoms with van der Waals surface area (Å²) < 4.78 is 1.84. The number of nitrogens with zero attached hydrogens (tertiary/aromatic N) is 3. The van der Waals surface area contributed by atoms with Gasteiger partial charge in [0.25, 0.3) is 0 Å². The third kappa shape index (κ3) is 0.981. The minimum absolute atomic E-state index is 0.892. The molecule has 0 fully saturated rings. The molecule has 3 heteroatoms. The zero-order valence-electron chi connectivity index (χ0n) is 6.36. The van der Waals surface area contributed by atoms with Gasteiger partial charge in [0.05, 0.1) is 11.9 Å². The second kappa shape index (κ2) is 2.34. The molecule has 0 atom stereocenters. The second-order valence-electron chi connectivity index (χ2n) is 2.51. The van der Waals surface area contributed by atoms with Gasteiger partial charge in [-0.15, -0.1) is 0 Å². The van der Waals surface area contributed by atoms with E-state index in [4.69, 9.17) is 0 Å². The fraction of sp³-hybridized carbons (Fsp3) is 0.250. The van der Waals surface area contributed by atoms with Crippen molar-refractivity contribution in [3.05, 3.63) is 23.8 Å². The molecule has 0 radical (unpaired) electrons. The Labute approximate surface area is 65.1 Å². The van der Waals surface area contributed by atoms with Crippen molar-refractivity contribution in [2.24, 2.45) is 5.10 Å². The van der Waals surface area contributed by atoms with Crippen molar-refractivity contribution in [3.63, 3.8) is 0 Å². The molecule has 0 N–H and O–H groups in total. The van der Waals surface area contributed by atoms with Gasteiger partial charge in [0.15, 0.2) is 5.82 Å². The first-order chi connectivity index (χ1) is 5.38. The summed E-state index contributed by atoms with van der Waals surface area (Å²) in [7, 11) is 0. The number of fused-ring (bicyclic) bond motifs is 1. The minimum Gasteiger partial charge on any atom is -0.235 e. The monoisotopic (exact) mass is 147 g/mol. The van der Waals surface area contributed by atoms with Crippen molar-refractivity contribution < 1.29 is 0 Å². The van der Waals surface area contributed by atoms with Crippen LogP contribution in [0.4, 0.5) is 0 Å². The normalized spacial score (nSPS) is 14.6. The average Bonchev–Trinajstić information content (AvgIpc) is 2.25. The molecule has 11 heavy (non-hydrogen) atoms. The van der Waals surface area contributed by atoms with E-state index in [0.717, 1.165) is 17.9 Å². The molecule has 0 saturated carbocycles. The summed E-state index contributed by atoms with van der Waals surface area (Å²) in [5.74, 6) is 0.913. The zero-order valence-corrected chi connectivity index (χ0v) is 6.36. The maximum absolute atomic E-state index is 4.21. The first-order valence-corrected chi connectivity index (χ1v) is 3.61. The molecule has 0 aliphatic carbocycles. The van der Waals surface area contributed by atoms with E-state index in [1.165, 1.54) is 0 Å². The van der Waals surface area contributed by atoms with E-state index in [2.05, 4.69) is 16.2 Å². The molecule has 1 aliphatic heterocycles. The van der Waals surface area contributed by atoms with Gasteiger partial charge in [0.2, 0.25) is 0 Å². The largest absolute Gasteiger partial charge is 0.235 e. The van der Waals surface area contributed by atoms with Crippen molar-refractivity contribution in [3.8, 4) is 0 Å². The van der Waals surface area contributed by atoms with Gasteiger partial charge in [-0.2, -0.15) is 5.10 Å². The molecular formula is C8H9N3. The maximum atomic E-state index is 4.21. The number of aryl methyl sites for hydroxylation is 1. The van der Waals surface area contributed by atoms with E-state index in [-0.39, 0.29) is 0 Å². The van der Waals surface area contributed by atoms with E-state index in [1.54, 1.807) is 0 Å². The highest BCUT2D eigenvalue weighted by atomic mass is 15.4. The first kappa shape index (κ1) is 6.34. The standard InChI is InChI=1S/C8H9N3/c1-7-6-9-8-4-2-3-5-10-11(7)8/h2,4-6H,3H2,1H3. The summed E-state index contributed by atoms with van der Waals surface area (Å²) in [5, 5.41) is 4.21. The molecule has 1 aliphatic rings. The Kier molecular flexibility index (Phi) is 1.35. The summed E-state index contributed by atoms with van der Waals surface area (Å²) in [6.07, 6.45) is 8.63. The van der Waals surface area contributed by atoms with Crippen LogP contribution in [0.15, 0.2) is 17.4 Å². The van der Waals surface area contributed by atoms with E-state index >= 15 is 0 Å². The molecule has 0 unspecified atom stereocenters. The quantitative estimate of drug-likeness (QED) is 0.546. The van der Waals surface area contributed by atoms with Crippen molar-refractivity contribution >= 4 is 12.3 Å². The third-order valence-corrected chi connectivity index (χ3v) is 1.64. The Hall–Kier alpha value is -1.38. The summed E-state index contributed by atoms with van der Waals surface area (Å²) in [4.78, 5) is 4.18. The molecule has 0 saturated heterocycles. The predicted octanol–water partition coefficient (Wildman–Crippen LogP) is 1.44.